The van der Waals surface area contributed by atoms with Gasteiger partial charge in [0.1, 0.15) is 0 Å². The van der Waals surface area contributed by atoms with Crippen LogP contribution in [-0.4, -0.2) is 41.2 Å². The molecule has 1 aliphatic carbocycles. The van der Waals surface area contributed by atoms with Crippen LogP contribution in [0.25, 0.3) is 33.3 Å². The fraction of sp³-hybridized carbons (Fsp3) is 0.333. The molecule has 0 atom stereocenters. The Bertz CT molecular complexity index is 1960. The second-order valence-corrected chi connectivity index (χ2v) is 12.3. The van der Waals surface area contributed by atoms with E-state index in [4.69, 9.17) is 4.98 Å². The van der Waals surface area contributed by atoms with Gasteiger partial charge < -0.3 is 14.6 Å². The number of amides is 1. The second-order valence-electron chi connectivity index (χ2n) is 12.3. The van der Waals surface area contributed by atoms with Crippen molar-refractivity contribution in [2.75, 3.05) is 0 Å². The molecule has 3 aromatic heterocycles. The monoisotopic (exact) mass is 587 g/mol. The first kappa shape index (κ1) is 28.1. The standard InChI is InChI=1S/C36H37N5O3/c1-5-28-11-12-29(22(4)38-28)31-15-26(35(42)39-19-27-17-37-41(6-2)33(27)20-39)13-25-16-32(40(34(25)31)18-23-8-9-23)30-14-24(36(43)44)10-7-21(30)3/h7,10-17,23H,5-6,8-9,18-20H2,1-4H3,(H,43,44). The van der Waals surface area contributed by atoms with Gasteiger partial charge >= 0.3 is 5.97 Å². The zero-order valence-electron chi connectivity index (χ0n) is 25.7. The third-order valence-corrected chi connectivity index (χ3v) is 9.26. The molecule has 8 nitrogen and oxygen atoms in total. The highest BCUT2D eigenvalue weighted by Crippen LogP contribution is 2.42. The lowest BCUT2D eigenvalue weighted by molar-refractivity contribution is 0.0695. The Morgan fingerprint density at radius 2 is 1.73 bits per heavy atom. The van der Waals surface area contributed by atoms with E-state index in [0.717, 1.165) is 81.0 Å². The molecule has 2 aromatic carbocycles. The predicted octanol–water partition coefficient (Wildman–Crippen LogP) is 7.03. The number of hydrogen-bond donors (Lipinski definition) is 1. The van der Waals surface area contributed by atoms with Gasteiger partial charge in [0.2, 0.25) is 0 Å². The van der Waals surface area contributed by atoms with Crippen LogP contribution < -0.4 is 0 Å². The molecule has 2 aliphatic rings. The minimum absolute atomic E-state index is 0.0108. The highest BCUT2D eigenvalue weighted by atomic mass is 16.4. The number of carboxylic acid groups (broad SMARTS) is 1. The van der Waals surface area contributed by atoms with E-state index in [1.165, 1.54) is 12.8 Å². The van der Waals surface area contributed by atoms with Gasteiger partial charge in [-0.1, -0.05) is 19.1 Å². The van der Waals surface area contributed by atoms with Crippen LogP contribution in [0.2, 0.25) is 0 Å². The third-order valence-electron chi connectivity index (χ3n) is 9.26. The van der Waals surface area contributed by atoms with Crippen molar-refractivity contribution in [1.82, 2.24) is 24.2 Å². The summed E-state index contributed by atoms with van der Waals surface area (Å²) < 4.78 is 4.33. The number of aryl methyl sites for hydroxylation is 4. The fourth-order valence-electron chi connectivity index (χ4n) is 6.65. The molecule has 1 amide bonds. The van der Waals surface area contributed by atoms with Crippen molar-refractivity contribution < 1.29 is 14.7 Å². The predicted molar refractivity (Wildman–Crippen MR) is 171 cm³/mol. The lowest BCUT2D eigenvalue weighted by Crippen LogP contribution is -2.26. The van der Waals surface area contributed by atoms with Crippen LogP contribution in [0.1, 0.15) is 75.6 Å². The molecule has 44 heavy (non-hydrogen) atoms. The number of hydrogen-bond acceptors (Lipinski definition) is 4. The third kappa shape index (κ3) is 4.78. The maximum Gasteiger partial charge on any atom is 0.335 e. The molecule has 224 valence electrons. The first-order valence-corrected chi connectivity index (χ1v) is 15.6. The molecular weight excluding hydrogens is 550 g/mol. The molecular formula is C36H37N5O3. The van der Waals surface area contributed by atoms with Gasteiger partial charge in [0.05, 0.1) is 29.5 Å². The van der Waals surface area contributed by atoms with Crippen LogP contribution >= 0.6 is 0 Å². The Morgan fingerprint density at radius 3 is 2.43 bits per heavy atom. The lowest BCUT2D eigenvalue weighted by atomic mass is 9.97. The van der Waals surface area contributed by atoms with Gasteiger partial charge in [-0.15, -0.1) is 0 Å². The molecule has 1 aliphatic heterocycles. The van der Waals surface area contributed by atoms with Gasteiger partial charge in [0.15, 0.2) is 0 Å². The van der Waals surface area contributed by atoms with Crippen LogP contribution in [-0.2, 0) is 32.6 Å². The van der Waals surface area contributed by atoms with Crippen molar-refractivity contribution in [2.45, 2.75) is 73.1 Å². The van der Waals surface area contributed by atoms with E-state index in [9.17, 15) is 14.7 Å². The van der Waals surface area contributed by atoms with Crippen molar-refractivity contribution in [3.63, 3.8) is 0 Å². The van der Waals surface area contributed by atoms with Crippen molar-refractivity contribution in [2.24, 2.45) is 5.92 Å². The molecule has 1 saturated carbocycles. The van der Waals surface area contributed by atoms with Crippen molar-refractivity contribution in [3.05, 3.63) is 94.1 Å². The number of carbonyl (C=O) groups excluding carboxylic acids is 1. The summed E-state index contributed by atoms with van der Waals surface area (Å²) in [7, 11) is 0. The summed E-state index contributed by atoms with van der Waals surface area (Å²) in [5.74, 6) is -0.382. The maximum absolute atomic E-state index is 14.2. The number of aromatic carboxylic acids is 1. The number of carboxylic acids is 1. The zero-order valence-corrected chi connectivity index (χ0v) is 25.7. The van der Waals surface area contributed by atoms with Crippen molar-refractivity contribution in [3.8, 4) is 22.4 Å². The summed E-state index contributed by atoms with van der Waals surface area (Å²) in [6.45, 7) is 10.9. The number of aromatic nitrogens is 4. The van der Waals surface area contributed by atoms with Gasteiger partial charge in [-0.05, 0) is 87.9 Å². The Labute approximate surface area is 257 Å². The van der Waals surface area contributed by atoms with E-state index in [-0.39, 0.29) is 11.5 Å². The average Bonchev–Trinajstić information content (AvgIpc) is 3.44. The molecule has 0 radical (unpaired) electrons. The summed E-state index contributed by atoms with van der Waals surface area (Å²) >= 11 is 0. The number of pyridine rings is 1. The van der Waals surface area contributed by atoms with Crippen molar-refractivity contribution >= 4 is 22.8 Å². The molecule has 5 aromatic rings. The maximum atomic E-state index is 14.2. The molecule has 1 N–H and O–H groups in total. The van der Waals surface area contributed by atoms with E-state index in [1.54, 1.807) is 12.1 Å². The van der Waals surface area contributed by atoms with Crippen LogP contribution in [0.4, 0.5) is 0 Å². The average molecular weight is 588 g/mol. The van der Waals surface area contributed by atoms with Gasteiger partial charge in [0.25, 0.3) is 5.91 Å². The normalized spacial score (nSPS) is 14.4. The summed E-state index contributed by atoms with van der Waals surface area (Å²) in [6, 6.07) is 15.7. The van der Waals surface area contributed by atoms with E-state index in [2.05, 4.69) is 41.7 Å². The van der Waals surface area contributed by atoms with Gasteiger partial charge in [-0.2, -0.15) is 5.10 Å². The summed E-state index contributed by atoms with van der Waals surface area (Å²) in [5, 5.41) is 15.2. The summed E-state index contributed by atoms with van der Waals surface area (Å²) in [5.41, 5.74) is 11.0. The van der Waals surface area contributed by atoms with Crippen LogP contribution in [0.15, 0.2) is 54.7 Å². The van der Waals surface area contributed by atoms with E-state index in [1.807, 2.05) is 47.8 Å². The summed E-state index contributed by atoms with van der Waals surface area (Å²) in [4.78, 5) is 32.9. The number of carbonyl (C=O) groups is 2. The van der Waals surface area contributed by atoms with Crippen molar-refractivity contribution in [1.29, 1.82) is 0 Å². The molecule has 0 bridgehead atoms. The second kappa shape index (κ2) is 10.8. The summed E-state index contributed by atoms with van der Waals surface area (Å²) in [6.07, 6.45) is 5.08. The topological polar surface area (TPSA) is 93.3 Å². The van der Waals surface area contributed by atoms with E-state index in [0.29, 0.717) is 24.6 Å². The molecule has 4 heterocycles. The van der Waals surface area contributed by atoms with E-state index >= 15 is 0 Å². The Hall–Kier alpha value is -4.72. The Morgan fingerprint density at radius 1 is 0.932 bits per heavy atom. The highest BCUT2D eigenvalue weighted by molar-refractivity contribution is 6.06. The first-order chi connectivity index (χ1) is 21.2. The van der Waals surface area contributed by atoms with Crippen LogP contribution in [0, 0.1) is 19.8 Å². The van der Waals surface area contributed by atoms with Crippen LogP contribution in [0.5, 0.6) is 0 Å². The molecule has 8 heteroatoms. The first-order valence-electron chi connectivity index (χ1n) is 15.6. The molecule has 0 spiro atoms. The number of fused-ring (bicyclic) bond motifs is 2. The van der Waals surface area contributed by atoms with Crippen LogP contribution in [0.3, 0.4) is 0 Å². The number of nitrogens with zero attached hydrogens (tertiary/aromatic N) is 5. The van der Waals surface area contributed by atoms with Gasteiger partial charge in [-0.25, -0.2) is 4.79 Å². The molecule has 1 fully saturated rings. The van der Waals surface area contributed by atoms with E-state index < -0.39 is 5.97 Å². The number of rotatable bonds is 8. The molecule has 0 unspecified atom stereocenters. The minimum atomic E-state index is -0.944. The Balaban J connectivity index is 1.44. The fourth-order valence-corrected chi connectivity index (χ4v) is 6.65. The Kier molecular flexibility index (Phi) is 6.87. The minimum Gasteiger partial charge on any atom is -0.478 e. The van der Waals surface area contributed by atoms with Gasteiger partial charge in [0, 0.05) is 69.9 Å². The largest absolute Gasteiger partial charge is 0.478 e. The van der Waals surface area contributed by atoms with Gasteiger partial charge in [-0.3, -0.25) is 14.5 Å². The molecule has 7 rings (SSSR count). The highest BCUT2D eigenvalue weighted by Gasteiger charge is 2.30. The SMILES string of the molecule is CCc1ccc(-c2cc(C(=O)N3Cc4cnn(CC)c4C3)cc3cc(-c4cc(C(=O)O)ccc4C)n(CC4CC4)c23)c(C)n1. The lowest BCUT2D eigenvalue weighted by Gasteiger charge is -2.19. The smallest absolute Gasteiger partial charge is 0.335 e. The quantitative estimate of drug-likeness (QED) is 0.210. The number of benzene rings is 2. The molecule has 0 saturated heterocycles. The zero-order chi connectivity index (χ0) is 30.7.